The highest BCUT2D eigenvalue weighted by Gasteiger charge is 2.24. The number of hydrogen-bond acceptors (Lipinski definition) is 3. The third kappa shape index (κ3) is 3.27. The number of aromatic nitrogens is 1. The molecule has 0 unspecified atom stereocenters. The number of fused-ring (bicyclic) bond motifs is 1. The topological polar surface area (TPSA) is 55.5 Å². The summed E-state index contributed by atoms with van der Waals surface area (Å²) in [5, 5.41) is 0.273. The Morgan fingerprint density at radius 1 is 1.31 bits per heavy atom. The van der Waals surface area contributed by atoms with E-state index in [0.29, 0.717) is 29.0 Å². The number of rotatable bonds is 5. The summed E-state index contributed by atoms with van der Waals surface area (Å²) in [7, 11) is 1.71. The SMILES string of the molecule is CCCN(C)C(=O)c1c(C)oc2ccn(Cc3cccc(F)c3)c(=O)c12. The molecule has 0 aliphatic heterocycles. The molecule has 0 N–H and O–H groups in total. The lowest BCUT2D eigenvalue weighted by molar-refractivity contribution is 0.0795. The highest BCUT2D eigenvalue weighted by Crippen LogP contribution is 2.24. The Morgan fingerprint density at radius 3 is 2.77 bits per heavy atom. The van der Waals surface area contributed by atoms with Gasteiger partial charge in [0.05, 0.1) is 17.5 Å². The molecule has 26 heavy (non-hydrogen) atoms. The van der Waals surface area contributed by atoms with Crippen molar-refractivity contribution < 1.29 is 13.6 Å². The third-order valence-electron chi connectivity index (χ3n) is 4.35. The molecular formula is C20H21FN2O3. The van der Waals surface area contributed by atoms with Crippen LogP contribution in [0.5, 0.6) is 0 Å². The van der Waals surface area contributed by atoms with Crippen LogP contribution in [0.25, 0.3) is 11.0 Å². The Bertz CT molecular complexity index is 1020. The van der Waals surface area contributed by atoms with Gasteiger partial charge in [-0.2, -0.15) is 0 Å². The van der Waals surface area contributed by atoms with Gasteiger partial charge in [-0.25, -0.2) is 4.39 Å². The van der Waals surface area contributed by atoms with Crippen LogP contribution in [0.2, 0.25) is 0 Å². The lowest BCUT2D eigenvalue weighted by atomic mass is 10.1. The summed E-state index contributed by atoms with van der Waals surface area (Å²) in [6.45, 7) is 4.48. The second kappa shape index (κ2) is 7.15. The number of aryl methyl sites for hydroxylation is 1. The predicted octanol–water partition coefficient (Wildman–Crippen LogP) is 3.57. The molecule has 0 aliphatic carbocycles. The van der Waals surface area contributed by atoms with Gasteiger partial charge in [-0.15, -0.1) is 0 Å². The van der Waals surface area contributed by atoms with Crippen LogP contribution < -0.4 is 5.56 Å². The van der Waals surface area contributed by atoms with Crippen LogP contribution in [0.1, 0.15) is 35.0 Å². The zero-order valence-corrected chi connectivity index (χ0v) is 15.1. The van der Waals surface area contributed by atoms with Crippen LogP contribution in [0.15, 0.2) is 45.7 Å². The summed E-state index contributed by atoms with van der Waals surface area (Å²) in [6, 6.07) is 7.76. The summed E-state index contributed by atoms with van der Waals surface area (Å²) in [5.41, 5.74) is 1.03. The maximum atomic E-state index is 13.4. The minimum absolute atomic E-state index is 0.217. The third-order valence-corrected chi connectivity index (χ3v) is 4.35. The molecule has 0 fully saturated rings. The van der Waals surface area contributed by atoms with E-state index in [1.807, 2.05) is 6.92 Å². The van der Waals surface area contributed by atoms with E-state index >= 15 is 0 Å². The fraction of sp³-hybridized carbons (Fsp3) is 0.300. The molecule has 2 heterocycles. The Labute approximate surface area is 150 Å². The largest absolute Gasteiger partial charge is 0.460 e. The molecule has 5 nitrogen and oxygen atoms in total. The van der Waals surface area contributed by atoms with Gasteiger partial charge in [-0.1, -0.05) is 19.1 Å². The van der Waals surface area contributed by atoms with Gasteiger partial charge >= 0.3 is 0 Å². The van der Waals surface area contributed by atoms with Crippen LogP contribution >= 0.6 is 0 Å². The monoisotopic (exact) mass is 356 g/mol. The van der Waals surface area contributed by atoms with E-state index < -0.39 is 0 Å². The van der Waals surface area contributed by atoms with Gasteiger partial charge in [-0.3, -0.25) is 9.59 Å². The molecule has 2 aromatic heterocycles. The van der Waals surface area contributed by atoms with Crippen LogP contribution in [-0.4, -0.2) is 29.0 Å². The van der Waals surface area contributed by atoms with E-state index in [9.17, 15) is 14.0 Å². The molecule has 1 amide bonds. The standard InChI is InChI=1S/C20H21FN2O3/c1-4-9-22(3)19(24)17-13(2)26-16-8-10-23(20(25)18(16)17)12-14-6-5-7-15(21)11-14/h5-8,10-11H,4,9,12H2,1-3H3. The second-order valence-corrected chi connectivity index (χ2v) is 6.38. The number of pyridine rings is 1. The average Bonchev–Trinajstić information content (AvgIpc) is 2.94. The molecule has 3 rings (SSSR count). The number of halogens is 1. The summed E-state index contributed by atoms with van der Waals surface area (Å²) in [5.74, 6) is -0.162. The minimum Gasteiger partial charge on any atom is -0.460 e. The summed E-state index contributed by atoms with van der Waals surface area (Å²) in [6.07, 6.45) is 2.42. The Kier molecular flexibility index (Phi) is 4.93. The molecular weight excluding hydrogens is 335 g/mol. The van der Waals surface area contributed by atoms with Gasteiger partial charge in [0.1, 0.15) is 17.2 Å². The predicted molar refractivity (Wildman–Crippen MR) is 98.0 cm³/mol. The van der Waals surface area contributed by atoms with Crippen LogP contribution in [-0.2, 0) is 6.54 Å². The van der Waals surface area contributed by atoms with Crippen molar-refractivity contribution in [3.63, 3.8) is 0 Å². The molecule has 0 aliphatic rings. The van der Waals surface area contributed by atoms with Gasteiger partial charge in [-0.05, 0) is 37.1 Å². The first-order valence-corrected chi connectivity index (χ1v) is 8.54. The fourth-order valence-electron chi connectivity index (χ4n) is 3.11. The number of benzene rings is 1. The molecule has 1 aromatic carbocycles. The van der Waals surface area contributed by atoms with Crippen molar-refractivity contribution in [3.05, 3.63) is 69.6 Å². The van der Waals surface area contributed by atoms with Gasteiger partial charge < -0.3 is 13.9 Å². The minimum atomic E-state index is -0.354. The normalized spacial score (nSPS) is 11.1. The van der Waals surface area contributed by atoms with Crippen molar-refractivity contribution >= 4 is 16.9 Å². The maximum Gasteiger partial charge on any atom is 0.262 e. The lowest BCUT2D eigenvalue weighted by Crippen LogP contribution is -2.29. The zero-order valence-electron chi connectivity index (χ0n) is 15.1. The summed E-state index contributed by atoms with van der Waals surface area (Å²) in [4.78, 5) is 27.3. The number of amides is 1. The lowest BCUT2D eigenvalue weighted by Gasteiger charge is -2.15. The quantitative estimate of drug-likeness (QED) is 0.702. The molecule has 3 aromatic rings. The maximum absolute atomic E-state index is 13.4. The second-order valence-electron chi connectivity index (χ2n) is 6.38. The first-order chi connectivity index (χ1) is 12.4. The van der Waals surface area contributed by atoms with Gasteiger partial charge in [0.15, 0.2) is 0 Å². The van der Waals surface area contributed by atoms with E-state index in [0.717, 1.165) is 6.42 Å². The summed E-state index contributed by atoms with van der Waals surface area (Å²) >= 11 is 0. The highest BCUT2D eigenvalue weighted by molar-refractivity contribution is 6.06. The average molecular weight is 356 g/mol. The van der Waals surface area contributed by atoms with E-state index in [1.165, 1.54) is 16.7 Å². The Hall–Kier alpha value is -2.89. The molecule has 0 saturated carbocycles. The molecule has 0 saturated heterocycles. The highest BCUT2D eigenvalue weighted by atomic mass is 19.1. The van der Waals surface area contributed by atoms with E-state index in [1.54, 1.807) is 43.3 Å². The van der Waals surface area contributed by atoms with Crippen molar-refractivity contribution in [2.24, 2.45) is 0 Å². The fourth-order valence-corrected chi connectivity index (χ4v) is 3.11. The first kappa shape index (κ1) is 17.9. The van der Waals surface area contributed by atoms with Crippen molar-refractivity contribution in [2.45, 2.75) is 26.8 Å². The number of nitrogens with zero attached hydrogens (tertiary/aromatic N) is 2. The van der Waals surface area contributed by atoms with Crippen molar-refractivity contribution in [3.8, 4) is 0 Å². The Balaban J connectivity index is 2.09. The number of carbonyl (C=O) groups excluding carboxylic acids is 1. The van der Waals surface area contributed by atoms with Gasteiger partial charge in [0.2, 0.25) is 0 Å². The molecule has 0 atom stereocenters. The molecule has 136 valence electrons. The first-order valence-electron chi connectivity index (χ1n) is 8.54. The van der Waals surface area contributed by atoms with Crippen LogP contribution in [0.4, 0.5) is 4.39 Å². The molecule has 0 bridgehead atoms. The van der Waals surface area contributed by atoms with Gasteiger partial charge in [0.25, 0.3) is 11.5 Å². The summed E-state index contributed by atoms with van der Waals surface area (Å²) < 4.78 is 20.5. The van der Waals surface area contributed by atoms with E-state index in [2.05, 4.69) is 0 Å². The van der Waals surface area contributed by atoms with Crippen molar-refractivity contribution in [1.29, 1.82) is 0 Å². The van der Waals surface area contributed by atoms with Crippen molar-refractivity contribution in [2.75, 3.05) is 13.6 Å². The molecule has 0 spiro atoms. The number of furan rings is 1. The number of carbonyl (C=O) groups is 1. The van der Waals surface area contributed by atoms with E-state index in [-0.39, 0.29) is 29.2 Å². The number of hydrogen-bond donors (Lipinski definition) is 0. The molecule has 6 heteroatoms. The van der Waals surface area contributed by atoms with E-state index in [4.69, 9.17) is 4.42 Å². The zero-order chi connectivity index (χ0) is 18.8. The van der Waals surface area contributed by atoms with Gasteiger partial charge in [0, 0.05) is 19.8 Å². The molecule has 0 radical (unpaired) electrons. The van der Waals surface area contributed by atoms with Crippen molar-refractivity contribution in [1.82, 2.24) is 9.47 Å². The van der Waals surface area contributed by atoms with Crippen LogP contribution in [0, 0.1) is 12.7 Å². The van der Waals surface area contributed by atoms with Crippen LogP contribution in [0.3, 0.4) is 0 Å². The smallest absolute Gasteiger partial charge is 0.262 e. The Morgan fingerprint density at radius 2 is 2.08 bits per heavy atom.